The van der Waals surface area contributed by atoms with E-state index in [0.717, 1.165) is 134 Å². The zero-order valence-corrected chi connectivity index (χ0v) is 63.5. The quantitative estimate of drug-likeness (QED) is 0.0123. The van der Waals surface area contributed by atoms with E-state index in [1.54, 1.807) is 39.6 Å². The number of rotatable bonds is 34. The third-order valence-corrected chi connectivity index (χ3v) is 19.5. The van der Waals surface area contributed by atoms with Gasteiger partial charge < -0.3 is 46.7 Å². The van der Waals surface area contributed by atoms with Crippen molar-refractivity contribution in [3.63, 3.8) is 0 Å². The van der Waals surface area contributed by atoms with Crippen molar-refractivity contribution in [3.05, 3.63) is 249 Å². The summed E-state index contributed by atoms with van der Waals surface area (Å²) < 4.78 is 34.8. The summed E-state index contributed by atoms with van der Waals surface area (Å²) in [6.07, 6.45) is 21.6. The highest BCUT2D eigenvalue weighted by Gasteiger charge is 2.20. The van der Waals surface area contributed by atoms with Crippen LogP contribution in [0.25, 0.3) is 126 Å². The standard InChI is InChI=1S/C41H36N4O4.C29H36N2O2.C22H20N2O4/c1-28(46)31(26-42)22-29-16-18-39-34(23-29)32-12-6-8-14-37(32)44(39)27-45-38-15-9-7-13-33(38)35-24-30(17-19-40(35)45)25-36(43-2)41(47)49-21-11-5-4-10-20-48-3;1-23(32)27(30-2)22-24-17-18-29-26(21-24)25-15-11-12-16-28(25)31(29)19-13-9-7-5-4-6-8-10-14-20-33-3;1-15(25)14-28-22(26)19(23-2)13-16-8-9-21-18(12-16)17-6-4-5-7-20(17)24(21)10-11-27-3/h6-9,12-19,22-25H,4-5,10-11,20-21,27H2,1,3H3;11-12,15-18,21-22H,4-10,13-14,19-20H2,1,3H3;4-9,12-13H,10-11,14H2,1,3H3/b31-22+,36-25-;27-22-;19-13-. The van der Waals surface area contributed by atoms with Crippen LogP contribution in [0.4, 0.5) is 0 Å². The highest BCUT2D eigenvalue weighted by molar-refractivity contribution is 6.13. The van der Waals surface area contributed by atoms with Gasteiger partial charge in [-0.3, -0.25) is 19.2 Å². The average Bonchev–Trinajstić information content (AvgIpc) is 1.59. The number of ketones is 3. The predicted molar refractivity (Wildman–Crippen MR) is 440 cm³/mol. The van der Waals surface area contributed by atoms with E-state index in [0.29, 0.717) is 18.8 Å². The minimum atomic E-state index is -0.798. The van der Waals surface area contributed by atoms with Crippen molar-refractivity contribution < 1.29 is 47.7 Å². The number of Topliss-reactive ketones (excluding diaryl/α,β-unsaturated/α-hetero) is 3. The molecular weight excluding hydrogens is 1380 g/mol. The first-order valence-corrected chi connectivity index (χ1v) is 37.4. The number of benzene rings is 8. The van der Waals surface area contributed by atoms with Gasteiger partial charge in [-0.25, -0.2) is 14.5 Å². The molecule has 560 valence electrons. The van der Waals surface area contributed by atoms with Crippen LogP contribution in [-0.4, -0.2) is 102 Å². The number of para-hydroxylation sites is 4. The van der Waals surface area contributed by atoms with Crippen LogP contribution in [0.5, 0.6) is 0 Å². The summed E-state index contributed by atoms with van der Waals surface area (Å²) in [7, 11) is 5.14. The fraction of sp³-hybridized carbons (Fsp3) is 0.293. The first-order chi connectivity index (χ1) is 53.6. The molecule has 0 bridgehead atoms. The van der Waals surface area contributed by atoms with E-state index in [1.165, 1.54) is 106 Å². The van der Waals surface area contributed by atoms with Gasteiger partial charge in [-0.15, -0.1) is 0 Å². The number of methoxy groups -OCH3 is 3. The van der Waals surface area contributed by atoms with Crippen LogP contribution in [0.15, 0.2) is 193 Å². The first kappa shape index (κ1) is 80.3. The molecule has 0 aliphatic carbocycles. The number of fused-ring (bicyclic) bond motifs is 12. The van der Waals surface area contributed by atoms with Crippen LogP contribution in [0.3, 0.4) is 0 Å². The van der Waals surface area contributed by atoms with E-state index in [1.807, 2.05) is 109 Å². The number of carbonyl (C=O) groups is 5. The molecule has 0 spiro atoms. The number of ether oxygens (including phenoxy) is 5. The summed E-state index contributed by atoms with van der Waals surface area (Å²) in [5, 5.41) is 18.2. The van der Waals surface area contributed by atoms with E-state index in [9.17, 15) is 29.2 Å². The molecule has 8 aromatic carbocycles. The third-order valence-electron chi connectivity index (χ3n) is 19.5. The number of nitrogens with zero attached hydrogens (tertiary/aromatic N) is 8. The van der Waals surface area contributed by atoms with Crippen LogP contribution >= 0.6 is 0 Å². The summed E-state index contributed by atoms with van der Waals surface area (Å²) in [6.45, 7) is 30.7. The summed E-state index contributed by atoms with van der Waals surface area (Å²) in [4.78, 5) is 69.4. The Morgan fingerprint density at radius 1 is 0.364 bits per heavy atom. The molecule has 4 aromatic heterocycles. The molecule has 0 aliphatic rings. The molecule has 18 heteroatoms. The van der Waals surface area contributed by atoms with E-state index >= 15 is 0 Å². The number of aromatic nitrogens is 4. The highest BCUT2D eigenvalue weighted by atomic mass is 16.5. The number of allylic oxidation sites excluding steroid dienone is 2. The largest absolute Gasteiger partial charge is 0.471 e. The Kier molecular flexibility index (Phi) is 29.2. The van der Waals surface area contributed by atoms with Crippen LogP contribution in [0.2, 0.25) is 0 Å². The molecule has 0 atom stereocenters. The summed E-state index contributed by atoms with van der Waals surface area (Å²) in [5.41, 5.74) is 12.0. The average molecular weight is 1470 g/mol. The molecular formula is C92H92N8O10. The molecule has 18 nitrogen and oxygen atoms in total. The van der Waals surface area contributed by atoms with Crippen molar-refractivity contribution in [1.29, 1.82) is 5.26 Å². The molecule has 12 rings (SSSR count). The summed E-state index contributed by atoms with van der Waals surface area (Å²) >= 11 is 0. The maximum absolute atomic E-state index is 12.7. The van der Waals surface area contributed by atoms with Gasteiger partial charge in [0.2, 0.25) is 5.70 Å². The number of hydrogen-bond acceptors (Lipinski definition) is 11. The van der Waals surface area contributed by atoms with Gasteiger partial charge in [-0.1, -0.05) is 148 Å². The van der Waals surface area contributed by atoms with Crippen molar-refractivity contribution in [2.24, 2.45) is 0 Å². The first-order valence-electron chi connectivity index (χ1n) is 37.4. The fourth-order valence-corrected chi connectivity index (χ4v) is 14.0. The Morgan fingerprint density at radius 3 is 1.06 bits per heavy atom. The minimum absolute atomic E-state index is 0.0489. The molecule has 0 unspecified atom stereocenters. The van der Waals surface area contributed by atoms with Gasteiger partial charge in [0.25, 0.3) is 11.4 Å². The summed E-state index contributed by atoms with van der Waals surface area (Å²) in [6, 6.07) is 59.1. The molecule has 0 fully saturated rings. The number of unbranched alkanes of at least 4 members (excludes halogenated alkanes) is 11. The molecule has 0 amide bonds. The molecule has 12 aromatic rings. The molecule has 0 radical (unpaired) electrons. The number of hydrogen-bond donors (Lipinski definition) is 0. The van der Waals surface area contributed by atoms with Crippen molar-refractivity contribution >= 4 is 141 Å². The van der Waals surface area contributed by atoms with E-state index < -0.39 is 11.9 Å². The van der Waals surface area contributed by atoms with Crippen LogP contribution < -0.4 is 0 Å². The lowest BCUT2D eigenvalue weighted by Crippen LogP contribution is -2.11. The monoisotopic (exact) mass is 1470 g/mol. The van der Waals surface area contributed by atoms with Gasteiger partial charge in [0.15, 0.2) is 17.3 Å². The topological polar surface area (TPSA) is 188 Å². The number of nitriles is 1. The van der Waals surface area contributed by atoms with Gasteiger partial charge >= 0.3 is 11.9 Å². The lowest BCUT2D eigenvalue weighted by molar-refractivity contribution is -0.143. The van der Waals surface area contributed by atoms with Gasteiger partial charge in [0.05, 0.1) is 60.6 Å². The maximum Gasteiger partial charge on any atom is 0.336 e. The van der Waals surface area contributed by atoms with Gasteiger partial charge in [0, 0.05) is 113 Å². The fourth-order valence-electron chi connectivity index (χ4n) is 14.0. The molecule has 0 N–H and O–H groups in total. The maximum atomic E-state index is 12.7. The van der Waals surface area contributed by atoms with E-state index in [2.05, 4.69) is 99.5 Å². The van der Waals surface area contributed by atoms with Crippen LogP contribution in [0.1, 0.15) is 126 Å². The Balaban J connectivity index is 0.000000185. The van der Waals surface area contributed by atoms with Crippen molar-refractivity contribution in [2.75, 3.05) is 54.4 Å². The second-order valence-electron chi connectivity index (χ2n) is 27.2. The Bertz CT molecular complexity index is 5670. The normalized spacial score (nSPS) is 11.9. The second-order valence-corrected chi connectivity index (χ2v) is 27.2. The number of aryl methyl sites for hydroxylation is 1. The molecule has 0 saturated carbocycles. The van der Waals surface area contributed by atoms with Gasteiger partial charge in [-0.2, -0.15) is 5.26 Å². The molecule has 0 aliphatic heterocycles. The van der Waals surface area contributed by atoms with Gasteiger partial charge in [-0.05, 0) is 172 Å². The van der Waals surface area contributed by atoms with Crippen LogP contribution in [-0.2, 0) is 67.4 Å². The lowest BCUT2D eigenvalue weighted by atomic mass is 10.1. The summed E-state index contributed by atoms with van der Waals surface area (Å²) in [5.74, 6) is -2.14. The smallest absolute Gasteiger partial charge is 0.336 e. The predicted octanol–water partition coefficient (Wildman–Crippen LogP) is 20.5. The number of carbonyl (C=O) groups excluding carboxylic acids is 5. The Hall–Kier alpha value is -12.3. The highest BCUT2D eigenvalue weighted by Crippen LogP contribution is 2.37. The SMILES string of the molecule is [C-]#[N+]/C(=C\c1ccc2c(c1)c1ccccc1n2CCCCCCCCCCCOC)C(C)=O.[C-]#[N+]/C(=C\c1ccc2c(c1)c1ccccc1n2CCOC)C(=O)OCC(C)=O.[C-]#[N+]/C(=C\c1ccc2c(c1)c1ccccc1n2Cn1c2ccccc2c2cc(/C=C(\C#N)C(C)=O)ccc21)C(=O)OCCCCCCOC. The second kappa shape index (κ2) is 40.1. The van der Waals surface area contributed by atoms with Crippen molar-refractivity contribution in [2.45, 2.75) is 124 Å². The Morgan fingerprint density at radius 2 is 0.691 bits per heavy atom. The minimum Gasteiger partial charge on any atom is -0.471 e. The zero-order chi connectivity index (χ0) is 77.9. The van der Waals surface area contributed by atoms with E-state index in [4.69, 9.17) is 43.4 Å². The zero-order valence-electron chi connectivity index (χ0n) is 63.5. The Labute approximate surface area is 642 Å². The molecule has 0 saturated heterocycles. The van der Waals surface area contributed by atoms with Crippen LogP contribution in [0, 0.1) is 31.0 Å². The molecule has 110 heavy (non-hydrogen) atoms. The van der Waals surface area contributed by atoms with E-state index in [-0.39, 0.29) is 53.2 Å². The third kappa shape index (κ3) is 20.1. The molecule has 4 heterocycles. The lowest BCUT2D eigenvalue weighted by Gasteiger charge is -2.12. The number of esters is 2. The van der Waals surface area contributed by atoms with Crippen molar-refractivity contribution in [1.82, 2.24) is 18.3 Å². The van der Waals surface area contributed by atoms with Crippen molar-refractivity contribution in [3.8, 4) is 6.07 Å². The van der Waals surface area contributed by atoms with Gasteiger partial charge in [0.1, 0.15) is 19.3 Å².